The van der Waals surface area contributed by atoms with Crippen LogP contribution >= 0.6 is 11.3 Å². The molecule has 2 aliphatic heterocycles. The number of nitrogens with one attached hydrogen (secondary N) is 4. The molecule has 11 nitrogen and oxygen atoms in total. The molecule has 0 radical (unpaired) electrons. The van der Waals surface area contributed by atoms with Crippen LogP contribution in [0.5, 0.6) is 0 Å². The Morgan fingerprint density at radius 3 is 2.66 bits per heavy atom. The van der Waals surface area contributed by atoms with E-state index in [0.717, 1.165) is 10.4 Å². The number of hydrogen-bond acceptors (Lipinski definition) is 7. The number of nitrogens with two attached hydrogens (primary N) is 1. The summed E-state index contributed by atoms with van der Waals surface area (Å²) in [6.07, 6.45) is 0.541. The Hall–Kier alpha value is -2.99. The number of imide groups is 1. The molecule has 1 fully saturated rings. The standard InChI is InChI=1S/C17H22N6O5S/c18-6-13(25)19-3-4-20-17(28)21-7-10-5-9-8-23(16(27)14(9)29-10)11-1-2-12(24)22-15(11)26/h5,11H,1-4,6-8,18H2,(H,19,25)(H2,20,21,28)(H,22,24,26). The van der Waals surface area contributed by atoms with Crippen LogP contribution in [-0.4, -0.2) is 60.2 Å². The molecule has 0 aliphatic carbocycles. The maximum absolute atomic E-state index is 12.7. The number of rotatable bonds is 7. The van der Waals surface area contributed by atoms with Gasteiger partial charge in [-0.05, 0) is 18.1 Å². The molecule has 2 aliphatic rings. The van der Waals surface area contributed by atoms with E-state index >= 15 is 0 Å². The SMILES string of the molecule is NCC(=O)NCCNC(=O)NCc1cc2c(s1)C(=O)N(C1CCC(=O)NC1=O)C2. The number of piperidine rings is 1. The molecule has 0 bridgehead atoms. The molecule has 3 rings (SSSR count). The first kappa shape index (κ1) is 20.7. The fourth-order valence-electron chi connectivity index (χ4n) is 3.17. The zero-order valence-electron chi connectivity index (χ0n) is 15.6. The zero-order valence-corrected chi connectivity index (χ0v) is 16.4. The van der Waals surface area contributed by atoms with Crippen LogP contribution in [-0.2, 0) is 27.5 Å². The Labute approximate surface area is 170 Å². The molecule has 0 saturated carbocycles. The van der Waals surface area contributed by atoms with E-state index in [0.29, 0.717) is 17.8 Å². The molecular weight excluding hydrogens is 400 g/mol. The van der Waals surface area contributed by atoms with Gasteiger partial charge in [-0.3, -0.25) is 24.5 Å². The third kappa shape index (κ3) is 4.90. The van der Waals surface area contributed by atoms with Gasteiger partial charge in [0.2, 0.25) is 17.7 Å². The first-order valence-electron chi connectivity index (χ1n) is 9.13. The third-order valence-electron chi connectivity index (χ3n) is 4.58. The summed E-state index contributed by atoms with van der Waals surface area (Å²) < 4.78 is 0. The van der Waals surface area contributed by atoms with Gasteiger partial charge in [0, 0.05) is 30.9 Å². The summed E-state index contributed by atoms with van der Waals surface area (Å²) >= 11 is 1.27. The van der Waals surface area contributed by atoms with Crippen LogP contribution in [0.4, 0.5) is 4.79 Å². The second-order valence-electron chi connectivity index (χ2n) is 6.63. The fraction of sp³-hybridized carbons (Fsp3) is 0.471. The van der Waals surface area contributed by atoms with Crippen LogP contribution in [0, 0.1) is 0 Å². The lowest BCUT2D eigenvalue weighted by atomic mass is 10.0. The van der Waals surface area contributed by atoms with Crippen molar-refractivity contribution >= 4 is 41.0 Å². The lowest BCUT2D eigenvalue weighted by Crippen LogP contribution is -2.52. The summed E-state index contributed by atoms with van der Waals surface area (Å²) in [5, 5.41) is 10.1. The van der Waals surface area contributed by atoms with Crippen LogP contribution in [0.25, 0.3) is 0 Å². The molecule has 6 amide bonds. The number of urea groups is 1. The monoisotopic (exact) mass is 422 g/mol. The van der Waals surface area contributed by atoms with Crippen molar-refractivity contribution < 1.29 is 24.0 Å². The molecule has 1 unspecified atom stereocenters. The van der Waals surface area contributed by atoms with E-state index in [-0.39, 0.29) is 50.3 Å². The summed E-state index contributed by atoms with van der Waals surface area (Å²) in [6.45, 7) is 1.00. The van der Waals surface area contributed by atoms with Crippen LogP contribution < -0.4 is 27.0 Å². The predicted molar refractivity (Wildman–Crippen MR) is 103 cm³/mol. The number of thiophene rings is 1. The van der Waals surface area contributed by atoms with Crippen molar-refractivity contribution in [1.82, 2.24) is 26.2 Å². The number of carbonyl (C=O) groups is 5. The molecule has 0 aromatic carbocycles. The molecule has 12 heteroatoms. The van der Waals surface area contributed by atoms with Crippen LogP contribution in [0.1, 0.15) is 33.0 Å². The lowest BCUT2D eigenvalue weighted by molar-refractivity contribution is -0.137. The van der Waals surface area contributed by atoms with Gasteiger partial charge in [-0.2, -0.15) is 0 Å². The predicted octanol–water partition coefficient (Wildman–Crippen LogP) is -1.62. The average molecular weight is 422 g/mol. The molecule has 1 saturated heterocycles. The zero-order chi connectivity index (χ0) is 21.0. The van der Waals surface area contributed by atoms with Crippen molar-refractivity contribution in [2.75, 3.05) is 19.6 Å². The van der Waals surface area contributed by atoms with Gasteiger partial charge < -0.3 is 26.6 Å². The number of hydrogen-bond donors (Lipinski definition) is 5. The Bertz CT molecular complexity index is 853. The third-order valence-corrected chi connectivity index (χ3v) is 5.75. The van der Waals surface area contributed by atoms with Crippen LogP contribution in [0.3, 0.4) is 0 Å². The van der Waals surface area contributed by atoms with Gasteiger partial charge in [0.25, 0.3) is 5.91 Å². The van der Waals surface area contributed by atoms with Gasteiger partial charge in [0.1, 0.15) is 6.04 Å². The highest BCUT2D eigenvalue weighted by Gasteiger charge is 2.40. The quantitative estimate of drug-likeness (QED) is 0.262. The fourth-order valence-corrected chi connectivity index (χ4v) is 4.24. The summed E-state index contributed by atoms with van der Waals surface area (Å²) in [6, 6.07) is 0.815. The Morgan fingerprint density at radius 1 is 1.21 bits per heavy atom. The van der Waals surface area contributed by atoms with Crippen LogP contribution in [0.2, 0.25) is 0 Å². The smallest absolute Gasteiger partial charge is 0.315 e. The highest BCUT2D eigenvalue weighted by Crippen LogP contribution is 2.33. The number of fused-ring (bicyclic) bond motifs is 1. The number of carbonyl (C=O) groups excluding carboxylic acids is 5. The molecule has 1 aromatic heterocycles. The lowest BCUT2D eigenvalue weighted by Gasteiger charge is -2.29. The van der Waals surface area contributed by atoms with Crippen molar-refractivity contribution in [1.29, 1.82) is 0 Å². The van der Waals surface area contributed by atoms with E-state index in [1.54, 1.807) is 0 Å². The maximum atomic E-state index is 12.7. The number of amides is 6. The van der Waals surface area contributed by atoms with Crippen molar-refractivity contribution in [3.63, 3.8) is 0 Å². The normalized spacial score (nSPS) is 18.3. The Balaban J connectivity index is 1.46. The van der Waals surface area contributed by atoms with Gasteiger partial charge in [0.15, 0.2) is 0 Å². The van der Waals surface area contributed by atoms with E-state index in [1.807, 2.05) is 6.07 Å². The number of nitrogens with zero attached hydrogens (tertiary/aromatic N) is 1. The van der Waals surface area contributed by atoms with E-state index in [9.17, 15) is 24.0 Å². The molecule has 29 heavy (non-hydrogen) atoms. The van der Waals surface area contributed by atoms with E-state index in [1.165, 1.54) is 16.2 Å². The average Bonchev–Trinajstić information content (AvgIpc) is 3.22. The second kappa shape index (κ2) is 9.01. The Morgan fingerprint density at radius 2 is 1.97 bits per heavy atom. The molecule has 6 N–H and O–H groups in total. The summed E-state index contributed by atoms with van der Waals surface area (Å²) in [5.74, 6) is -1.28. The first-order valence-corrected chi connectivity index (χ1v) is 9.95. The molecular formula is C17H22N6O5S. The van der Waals surface area contributed by atoms with Crippen molar-refractivity contribution in [2.24, 2.45) is 5.73 Å². The molecule has 1 aromatic rings. The van der Waals surface area contributed by atoms with Gasteiger partial charge >= 0.3 is 6.03 Å². The highest BCUT2D eigenvalue weighted by atomic mass is 32.1. The minimum Gasteiger partial charge on any atom is -0.353 e. The van der Waals surface area contributed by atoms with Gasteiger partial charge in [-0.15, -0.1) is 11.3 Å². The topological polar surface area (TPSA) is 163 Å². The first-order chi connectivity index (χ1) is 13.9. The van der Waals surface area contributed by atoms with Gasteiger partial charge in [0.05, 0.1) is 18.0 Å². The summed E-state index contributed by atoms with van der Waals surface area (Å²) in [7, 11) is 0. The largest absolute Gasteiger partial charge is 0.353 e. The minimum atomic E-state index is -0.632. The van der Waals surface area contributed by atoms with E-state index in [4.69, 9.17) is 5.73 Å². The molecule has 156 valence electrons. The summed E-state index contributed by atoms with van der Waals surface area (Å²) in [4.78, 5) is 61.6. The second-order valence-corrected chi connectivity index (χ2v) is 7.77. The van der Waals surface area contributed by atoms with Crippen molar-refractivity contribution in [3.05, 3.63) is 21.4 Å². The van der Waals surface area contributed by atoms with Gasteiger partial charge in [-0.25, -0.2) is 4.79 Å². The molecule has 0 spiro atoms. The minimum absolute atomic E-state index is 0.102. The molecule has 1 atom stereocenters. The maximum Gasteiger partial charge on any atom is 0.315 e. The van der Waals surface area contributed by atoms with Crippen LogP contribution in [0.15, 0.2) is 6.07 Å². The Kier molecular flexibility index (Phi) is 6.44. The highest BCUT2D eigenvalue weighted by molar-refractivity contribution is 7.14. The van der Waals surface area contributed by atoms with Crippen molar-refractivity contribution in [3.8, 4) is 0 Å². The van der Waals surface area contributed by atoms with Gasteiger partial charge in [-0.1, -0.05) is 0 Å². The summed E-state index contributed by atoms with van der Waals surface area (Å²) in [5.41, 5.74) is 5.97. The van der Waals surface area contributed by atoms with E-state index < -0.39 is 18.0 Å². The molecule has 3 heterocycles. The van der Waals surface area contributed by atoms with Crippen molar-refractivity contribution in [2.45, 2.75) is 32.0 Å². The van der Waals surface area contributed by atoms with E-state index in [2.05, 4.69) is 21.3 Å².